The van der Waals surface area contributed by atoms with Crippen LogP contribution in [0.4, 0.5) is 0 Å². The topological polar surface area (TPSA) is 66.8 Å². The monoisotopic (exact) mass is 252 g/mol. The average Bonchev–Trinajstić information content (AvgIpc) is 2.21. The Bertz CT molecular complexity index is 220. The number of hydrogen-bond acceptors (Lipinski definition) is 2. The van der Waals surface area contributed by atoms with Crippen LogP contribution >= 0.6 is 7.82 Å². The number of hydrogen-bond donors (Lipinski definition) is 2. The third kappa shape index (κ3) is 6.64. The maximum Gasteiger partial charge on any atom is 0.470 e. The minimum atomic E-state index is -4.38. The first-order valence-corrected chi connectivity index (χ1v) is 7.68. The molecule has 16 heavy (non-hydrogen) atoms. The highest BCUT2D eigenvalue weighted by Crippen LogP contribution is 2.45. The fraction of sp³-hybridized carbons (Fsp3) is 1.00. The van der Waals surface area contributed by atoms with Gasteiger partial charge in [0.25, 0.3) is 0 Å². The molecule has 0 saturated carbocycles. The Labute approximate surface area is 98.6 Å². The van der Waals surface area contributed by atoms with Crippen LogP contribution in [0.3, 0.4) is 0 Å². The smallest absolute Gasteiger partial charge is 0.303 e. The predicted molar refractivity (Wildman–Crippen MR) is 65.2 cm³/mol. The van der Waals surface area contributed by atoms with Gasteiger partial charge >= 0.3 is 7.82 Å². The van der Waals surface area contributed by atoms with Crippen molar-refractivity contribution in [1.82, 2.24) is 0 Å². The van der Waals surface area contributed by atoms with Crippen LogP contribution in [0.15, 0.2) is 0 Å². The average molecular weight is 252 g/mol. The molecule has 0 amide bonds. The van der Waals surface area contributed by atoms with Gasteiger partial charge in [-0.3, -0.25) is 4.52 Å². The Morgan fingerprint density at radius 1 is 1.06 bits per heavy atom. The van der Waals surface area contributed by atoms with Gasteiger partial charge in [-0.15, -0.1) is 0 Å². The van der Waals surface area contributed by atoms with Crippen molar-refractivity contribution < 1.29 is 18.9 Å². The van der Waals surface area contributed by atoms with Gasteiger partial charge in [-0.05, 0) is 19.3 Å². The summed E-state index contributed by atoms with van der Waals surface area (Å²) in [5.41, 5.74) is -0.646. The lowest BCUT2D eigenvalue weighted by atomic mass is 9.91. The highest BCUT2D eigenvalue weighted by molar-refractivity contribution is 7.46. The van der Waals surface area contributed by atoms with Gasteiger partial charge in [0.1, 0.15) is 0 Å². The van der Waals surface area contributed by atoms with E-state index in [2.05, 4.69) is 6.92 Å². The van der Waals surface area contributed by atoms with E-state index in [4.69, 9.17) is 14.3 Å². The van der Waals surface area contributed by atoms with E-state index in [0.717, 1.165) is 25.7 Å². The zero-order valence-electron chi connectivity index (χ0n) is 10.6. The highest BCUT2D eigenvalue weighted by Gasteiger charge is 2.34. The van der Waals surface area contributed by atoms with E-state index in [0.29, 0.717) is 12.8 Å². The summed E-state index contributed by atoms with van der Waals surface area (Å²) in [5.74, 6) is 0. The molecule has 2 N–H and O–H groups in total. The summed E-state index contributed by atoms with van der Waals surface area (Å²) in [6.07, 6.45) is 6.40. The minimum Gasteiger partial charge on any atom is -0.303 e. The molecule has 0 radical (unpaired) electrons. The first-order chi connectivity index (χ1) is 7.39. The Balaban J connectivity index is 4.27. The lowest BCUT2D eigenvalue weighted by Gasteiger charge is -2.31. The number of unbranched alkanes of at least 4 members (excludes halogenated alkanes) is 3. The van der Waals surface area contributed by atoms with Crippen molar-refractivity contribution in [2.75, 3.05) is 0 Å². The van der Waals surface area contributed by atoms with Gasteiger partial charge in [0.15, 0.2) is 0 Å². The molecule has 0 aliphatic rings. The van der Waals surface area contributed by atoms with Gasteiger partial charge in [-0.25, -0.2) is 4.57 Å². The van der Waals surface area contributed by atoms with E-state index in [1.165, 1.54) is 6.42 Å². The Hall–Kier alpha value is 0.110. The highest BCUT2D eigenvalue weighted by atomic mass is 31.2. The van der Waals surface area contributed by atoms with Crippen molar-refractivity contribution in [3.05, 3.63) is 0 Å². The van der Waals surface area contributed by atoms with Crippen molar-refractivity contribution in [3.8, 4) is 0 Å². The maximum atomic E-state index is 10.9. The molecule has 0 atom stereocenters. The zero-order chi connectivity index (χ0) is 12.7. The fourth-order valence-electron chi connectivity index (χ4n) is 1.90. The van der Waals surface area contributed by atoms with Crippen molar-refractivity contribution in [2.45, 2.75) is 71.3 Å². The lowest BCUT2D eigenvalue weighted by molar-refractivity contribution is 0.0173. The minimum absolute atomic E-state index is 0.640. The summed E-state index contributed by atoms with van der Waals surface area (Å²) in [4.78, 5) is 17.8. The zero-order valence-corrected chi connectivity index (χ0v) is 11.5. The molecule has 0 aromatic heterocycles. The van der Waals surface area contributed by atoms with Gasteiger partial charge in [-0.2, -0.15) is 0 Å². The fourth-order valence-corrected chi connectivity index (χ4v) is 2.76. The van der Waals surface area contributed by atoms with Crippen molar-refractivity contribution >= 4 is 7.82 Å². The standard InChI is InChI=1S/C11H25O4P/c1-4-7-8-9-10-11(5-2,6-3)15-16(12,13)14/h4-10H2,1-3H3,(H2,12,13,14). The molecule has 0 unspecified atom stereocenters. The molecule has 0 aliphatic carbocycles. The van der Waals surface area contributed by atoms with Crippen LogP contribution in [0.2, 0.25) is 0 Å². The van der Waals surface area contributed by atoms with Gasteiger partial charge in [0.05, 0.1) is 5.60 Å². The summed E-state index contributed by atoms with van der Waals surface area (Å²) in [5, 5.41) is 0. The third-order valence-corrected chi connectivity index (χ3v) is 3.71. The van der Waals surface area contributed by atoms with E-state index in [1.807, 2.05) is 13.8 Å². The van der Waals surface area contributed by atoms with Crippen molar-refractivity contribution in [1.29, 1.82) is 0 Å². The van der Waals surface area contributed by atoms with Crippen LogP contribution in [0, 0.1) is 0 Å². The molecular formula is C11H25O4P. The maximum absolute atomic E-state index is 10.9. The molecular weight excluding hydrogens is 227 g/mol. The van der Waals surface area contributed by atoms with E-state index in [9.17, 15) is 4.57 Å². The Morgan fingerprint density at radius 3 is 2.00 bits per heavy atom. The number of rotatable bonds is 9. The van der Waals surface area contributed by atoms with Gasteiger partial charge in [0, 0.05) is 0 Å². The van der Waals surface area contributed by atoms with E-state index < -0.39 is 13.4 Å². The van der Waals surface area contributed by atoms with Crippen LogP contribution in [0.5, 0.6) is 0 Å². The second-order valence-electron chi connectivity index (χ2n) is 4.28. The molecule has 0 fully saturated rings. The van der Waals surface area contributed by atoms with Gasteiger partial charge in [-0.1, -0.05) is 46.5 Å². The van der Waals surface area contributed by atoms with Gasteiger partial charge in [0.2, 0.25) is 0 Å². The van der Waals surface area contributed by atoms with Crippen LogP contribution in [-0.4, -0.2) is 15.4 Å². The second kappa shape index (κ2) is 7.44. The van der Waals surface area contributed by atoms with Crippen LogP contribution in [0.1, 0.15) is 65.7 Å². The van der Waals surface area contributed by atoms with Crippen LogP contribution in [-0.2, 0) is 9.09 Å². The molecule has 0 aromatic rings. The van der Waals surface area contributed by atoms with E-state index >= 15 is 0 Å². The first-order valence-electron chi connectivity index (χ1n) is 6.15. The normalized spacial score (nSPS) is 13.1. The van der Waals surface area contributed by atoms with Crippen LogP contribution < -0.4 is 0 Å². The van der Waals surface area contributed by atoms with E-state index in [-0.39, 0.29) is 0 Å². The molecule has 0 spiro atoms. The number of phosphoric ester groups is 1. The summed E-state index contributed by atoms with van der Waals surface area (Å²) < 4.78 is 15.9. The Morgan fingerprint density at radius 2 is 1.62 bits per heavy atom. The summed E-state index contributed by atoms with van der Waals surface area (Å²) in [6.45, 7) is 5.97. The quantitative estimate of drug-likeness (QED) is 0.486. The second-order valence-corrected chi connectivity index (χ2v) is 5.45. The molecule has 0 aliphatic heterocycles. The SMILES string of the molecule is CCCCCCC(CC)(CC)OP(=O)(O)O. The van der Waals surface area contributed by atoms with E-state index in [1.54, 1.807) is 0 Å². The summed E-state index contributed by atoms with van der Waals surface area (Å²) in [7, 11) is -4.38. The molecule has 0 aromatic carbocycles. The molecule has 0 saturated heterocycles. The van der Waals surface area contributed by atoms with Gasteiger partial charge < -0.3 is 9.79 Å². The molecule has 4 nitrogen and oxygen atoms in total. The Kier molecular flexibility index (Phi) is 7.49. The lowest BCUT2D eigenvalue weighted by Crippen LogP contribution is -2.29. The summed E-state index contributed by atoms with van der Waals surface area (Å²) in [6, 6.07) is 0. The summed E-state index contributed by atoms with van der Waals surface area (Å²) >= 11 is 0. The molecule has 0 bridgehead atoms. The number of phosphoric acid groups is 1. The van der Waals surface area contributed by atoms with Crippen molar-refractivity contribution in [2.24, 2.45) is 0 Å². The first kappa shape index (κ1) is 16.1. The largest absolute Gasteiger partial charge is 0.470 e. The molecule has 0 heterocycles. The third-order valence-electron chi connectivity index (χ3n) is 3.09. The molecule has 0 rings (SSSR count). The predicted octanol–water partition coefficient (Wildman–Crippen LogP) is 3.62. The van der Waals surface area contributed by atoms with Crippen molar-refractivity contribution in [3.63, 3.8) is 0 Å². The van der Waals surface area contributed by atoms with Crippen LogP contribution in [0.25, 0.3) is 0 Å². The molecule has 98 valence electrons. The molecule has 5 heteroatoms.